The Bertz CT molecular complexity index is 430. The fraction of sp³-hybridized carbons (Fsp3) is 0.462. The summed E-state index contributed by atoms with van der Waals surface area (Å²) in [5, 5.41) is 2.81. The Balaban J connectivity index is 2.98. The van der Waals surface area contributed by atoms with Crippen LogP contribution in [0.3, 0.4) is 0 Å². The van der Waals surface area contributed by atoms with Crippen molar-refractivity contribution in [2.45, 2.75) is 13.8 Å². The lowest BCUT2D eigenvalue weighted by Gasteiger charge is -2.13. The van der Waals surface area contributed by atoms with Crippen LogP contribution in [-0.2, 0) is 0 Å². The Kier molecular flexibility index (Phi) is 4.83. The van der Waals surface area contributed by atoms with Crippen molar-refractivity contribution in [1.82, 2.24) is 5.32 Å². The summed E-state index contributed by atoms with van der Waals surface area (Å²) in [5.74, 6) is 1.18. The van der Waals surface area contributed by atoms with Crippen molar-refractivity contribution in [1.29, 1.82) is 0 Å². The lowest BCUT2D eigenvalue weighted by molar-refractivity contribution is 0.0949. The minimum atomic E-state index is -0.206. The van der Waals surface area contributed by atoms with Gasteiger partial charge in [-0.15, -0.1) is 0 Å². The van der Waals surface area contributed by atoms with Gasteiger partial charge >= 0.3 is 0 Å². The molecule has 0 fully saturated rings. The Morgan fingerprint density at radius 3 is 2.33 bits per heavy atom. The summed E-state index contributed by atoms with van der Waals surface area (Å²) in [7, 11) is 3.04. The number of carbonyl (C=O) groups excluding carboxylic acids is 1. The fourth-order valence-corrected chi connectivity index (χ4v) is 1.48. The number of rotatable bonds is 5. The van der Waals surface area contributed by atoms with Gasteiger partial charge in [0.15, 0.2) is 11.5 Å². The molecule has 5 nitrogen and oxygen atoms in total. The largest absolute Gasteiger partial charge is 0.493 e. The molecule has 18 heavy (non-hydrogen) atoms. The van der Waals surface area contributed by atoms with Crippen molar-refractivity contribution in [3.05, 3.63) is 17.7 Å². The number of carbonyl (C=O) groups is 1. The van der Waals surface area contributed by atoms with Gasteiger partial charge in [-0.3, -0.25) is 4.79 Å². The predicted molar refractivity (Wildman–Crippen MR) is 71.1 cm³/mol. The van der Waals surface area contributed by atoms with E-state index in [-0.39, 0.29) is 5.91 Å². The molecular weight excluding hydrogens is 232 g/mol. The normalized spacial score (nSPS) is 10.3. The Morgan fingerprint density at radius 1 is 1.28 bits per heavy atom. The molecular formula is C13H20N2O3. The summed E-state index contributed by atoms with van der Waals surface area (Å²) in [4.78, 5) is 12.0. The second kappa shape index (κ2) is 6.14. The first-order chi connectivity index (χ1) is 8.49. The number of nitrogens with one attached hydrogen (secondary N) is 1. The van der Waals surface area contributed by atoms with E-state index in [9.17, 15) is 4.79 Å². The fourth-order valence-electron chi connectivity index (χ4n) is 1.48. The summed E-state index contributed by atoms with van der Waals surface area (Å²) < 4.78 is 10.3. The number of nitrogen functional groups attached to an aromatic ring is 1. The number of benzene rings is 1. The van der Waals surface area contributed by atoms with Crippen LogP contribution in [0.25, 0.3) is 0 Å². The van der Waals surface area contributed by atoms with Crippen molar-refractivity contribution in [2.75, 3.05) is 26.5 Å². The van der Waals surface area contributed by atoms with Gasteiger partial charge in [0, 0.05) is 18.3 Å². The SMILES string of the molecule is COc1cc(N)c(C(=O)NCC(C)C)cc1OC. The van der Waals surface area contributed by atoms with Crippen LogP contribution in [0.4, 0.5) is 5.69 Å². The molecule has 0 heterocycles. The van der Waals surface area contributed by atoms with Crippen molar-refractivity contribution < 1.29 is 14.3 Å². The molecule has 3 N–H and O–H groups in total. The van der Waals surface area contributed by atoms with Gasteiger partial charge in [-0.25, -0.2) is 0 Å². The molecule has 0 saturated heterocycles. The van der Waals surface area contributed by atoms with Crippen LogP contribution in [0.5, 0.6) is 11.5 Å². The number of ether oxygens (including phenoxy) is 2. The highest BCUT2D eigenvalue weighted by Crippen LogP contribution is 2.31. The van der Waals surface area contributed by atoms with E-state index in [0.717, 1.165) is 0 Å². The van der Waals surface area contributed by atoms with Crippen LogP contribution in [-0.4, -0.2) is 26.7 Å². The average molecular weight is 252 g/mol. The molecule has 0 spiro atoms. The lowest BCUT2D eigenvalue weighted by Crippen LogP contribution is -2.28. The first kappa shape index (κ1) is 14.2. The molecule has 0 aliphatic heterocycles. The maximum absolute atomic E-state index is 12.0. The molecule has 1 rings (SSSR count). The van der Waals surface area contributed by atoms with E-state index in [4.69, 9.17) is 15.2 Å². The van der Waals surface area contributed by atoms with E-state index in [0.29, 0.717) is 35.2 Å². The molecule has 1 aromatic carbocycles. The number of hydrogen-bond acceptors (Lipinski definition) is 4. The van der Waals surface area contributed by atoms with E-state index in [1.165, 1.54) is 14.2 Å². The Morgan fingerprint density at radius 2 is 1.83 bits per heavy atom. The van der Waals surface area contributed by atoms with Crippen molar-refractivity contribution in [3.8, 4) is 11.5 Å². The second-order valence-corrected chi connectivity index (χ2v) is 4.40. The van der Waals surface area contributed by atoms with E-state index in [1.807, 2.05) is 13.8 Å². The third kappa shape index (κ3) is 3.29. The maximum Gasteiger partial charge on any atom is 0.253 e. The minimum Gasteiger partial charge on any atom is -0.493 e. The number of amides is 1. The predicted octanol–water partition coefficient (Wildman–Crippen LogP) is 1.67. The highest BCUT2D eigenvalue weighted by Gasteiger charge is 2.15. The molecule has 1 aromatic rings. The van der Waals surface area contributed by atoms with Gasteiger partial charge in [0.1, 0.15) is 0 Å². The minimum absolute atomic E-state index is 0.206. The van der Waals surface area contributed by atoms with E-state index in [1.54, 1.807) is 12.1 Å². The first-order valence-corrected chi connectivity index (χ1v) is 5.79. The summed E-state index contributed by atoms with van der Waals surface area (Å²) in [6.45, 7) is 4.66. The van der Waals surface area contributed by atoms with E-state index in [2.05, 4.69) is 5.32 Å². The first-order valence-electron chi connectivity index (χ1n) is 5.79. The van der Waals surface area contributed by atoms with Gasteiger partial charge in [-0.2, -0.15) is 0 Å². The summed E-state index contributed by atoms with van der Waals surface area (Å²) in [6, 6.07) is 3.17. The lowest BCUT2D eigenvalue weighted by atomic mass is 10.1. The zero-order valence-corrected chi connectivity index (χ0v) is 11.2. The van der Waals surface area contributed by atoms with E-state index < -0.39 is 0 Å². The molecule has 100 valence electrons. The van der Waals surface area contributed by atoms with E-state index >= 15 is 0 Å². The molecule has 5 heteroatoms. The number of nitrogens with two attached hydrogens (primary N) is 1. The molecule has 0 aliphatic rings. The Labute approximate surface area is 107 Å². The van der Waals surface area contributed by atoms with Gasteiger partial charge < -0.3 is 20.5 Å². The highest BCUT2D eigenvalue weighted by atomic mass is 16.5. The van der Waals surface area contributed by atoms with Crippen LogP contribution in [0, 0.1) is 5.92 Å². The third-order valence-electron chi connectivity index (χ3n) is 2.47. The van der Waals surface area contributed by atoms with Crippen molar-refractivity contribution in [3.63, 3.8) is 0 Å². The van der Waals surface area contributed by atoms with Gasteiger partial charge in [-0.05, 0) is 12.0 Å². The summed E-state index contributed by atoms with van der Waals surface area (Å²) >= 11 is 0. The zero-order chi connectivity index (χ0) is 13.7. The molecule has 0 atom stereocenters. The second-order valence-electron chi connectivity index (χ2n) is 4.40. The monoisotopic (exact) mass is 252 g/mol. The van der Waals surface area contributed by atoms with Crippen molar-refractivity contribution in [2.24, 2.45) is 5.92 Å². The molecule has 0 saturated carbocycles. The zero-order valence-electron chi connectivity index (χ0n) is 11.2. The molecule has 0 unspecified atom stereocenters. The van der Waals surface area contributed by atoms with Crippen molar-refractivity contribution >= 4 is 11.6 Å². The van der Waals surface area contributed by atoms with Crippen LogP contribution in [0.2, 0.25) is 0 Å². The topological polar surface area (TPSA) is 73.6 Å². The highest BCUT2D eigenvalue weighted by molar-refractivity contribution is 6.00. The summed E-state index contributed by atoms with van der Waals surface area (Å²) in [6.07, 6.45) is 0. The number of methoxy groups -OCH3 is 2. The third-order valence-corrected chi connectivity index (χ3v) is 2.47. The molecule has 1 amide bonds. The standard InChI is InChI=1S/C13H20N2O3/c1-8(2)7-15-13(16)9-5-11(17-3)12(18-4)6-10(9)14/h5-6,8H,7,14H2,1-4H3,(H,15,16). The van der Waals surface area contributed by atoms with Gasteiger partial charge in [0.2, 0.25) is 0 Å². The molecule has 0 aromatic heterocycles. The van der Waals surface area contributed by atoms with Gasteiger partial charge in [0.25, 0.3) is 5.91 Å². The summed E-state index contributed by atoms with van der Waals surface area (Å²) in [5.41, 5.74) is 6.60. The van der Waals surface area contributed by atoms with Crippen LogP contribution < -0.4 is 20.5 Å². The van der Waals surface area contributed by atoms with Gasteiger partial charge in [-0.1, -0.05) is 13.8 Å². The maximum atomic E-state index is 12.0. The van der Waals surface area contributed by atoms with Crippen LogP contribution >= 0.6 is 0 Å². The molecule has 0 aliphatic carbocycles. The average Bonchev–Trinajstić information content (AvgIpc) is 2.35. The smallest absolute Gasteiger partial charge is 0.253 e. The molecule has 0 bridgehead atoms. The number of anilines is 1. The van der Waals surface area contributed by atoms with Crippen LogP contribution in [0.1, 0.15) is 24.2 Å². The number of hydrogen-bond donors (Lipinski definition) is 2. The quantitative estimate of drug-likeness (QED) is 0.782. The Hall–Kier alpha value is -1.91. The molecule has 0 radical (unpaired) electrons. The van der Waals surface area contributed by atoms with Gasteiger partial charge in [0.05, 0.1) is 19.8 Å². The van der Waals surface area contributed by atoms with Crippen LogP contribution in [0.15, 0.2) is 12.1 Å².